The smallest absolute Gasteiger partial charge is 0.249 e. The second kappa shape index (κ2) is 11.7. The van der Waals surface area contributed by atoms with Gasteiger partial charge in [-0.15, -0.1) is 21.5 Å². The number of piperidine rings is 1. The molecule has 3 amide bonds. The lowest BCUT2D eigenvalue weighted by molar-refractivity contribution is -0.133. The summed E-state index contributed by atoms with van der Waals surface area (Å²) in [5.41, 5.74) is 5.45. The number of aromatic nitrogens is 3. The predicted molar refractivity (Wildman–Crippen MR) is 166 cm³/mol. The highest BCUT2D eigenvalue weighted by Gasteiger charge is 2.32. The van der Waals surface area contributed by atoms with Crippen LogP contribution >= 0.6 is 22.9 Å². The van der Waals surface area contributed by atoms with Crippen LogP contribution in [-0.2, 0) is 20.9 Å². The van der Waals surface area contributed by atoms with Crippen molar-refractivity contribution in [2.75, 3.05) is 5.32 Å². The van der Waals surface area contributed by atoms with Crippen LogP contribution in [-0.4, -0.2) is 44.2 Å². The molecule has 2 atom stereocenters. The van der Waals surface area contributed by atoms with Crippen LogP contribution in [0.5, 0.6) is 0 Å². The highest BCUT2D eigenvalue weighted by Crippen LogP contribution is 2.39. The van der Waals surface area contributed by atoms with Crippen molar-refractivity contribution >= 4 is 52.1 Å². The zero-order valence-electron chi connectivity index (χ0n) is 23.9. The van der Waals surface area contributed by atoms with E-state index in [-0.39, 0.29) is 24.1 Å². The first-order valence-corrected chi connectivity index (χ1v) is 15.2. The van der Waals surface area contributed by atoms with E-state index >= 15 is 0 Å². The number of aryl methyl sites for hydroxylation is 2. The zero-order valence-corrected chi connectivity index (χ0v) is 25.5. The van der Waals surface area contributed by atoms with Gasteiger partial charge in [-0.1, -0.05) is 35.9 Å². The summed E-state index contributed by atoms with van der Waals surface area (Å²) < 4.78 is 2.02. The number of anilines is 1. The monoisotopic (exact) mass is 615 g/mol. The molecular weight excluding hydrogens is 586 g/mol. The first kappa shape index (κ1) is 28.8. The summed E-state index contributed by atoms with van der Waals surface area (Å²) >= 11 is 7.86. The molecule has 0 spiro atoms. The summed E-state index contributed by atoms with van der Waals surface area (Å²) in [6.07, 6.45) is 0.806. The highest BCUT2D eigenvalue weighted by atomic mass is 35.5. The molecule has 2 aliphatic rings. The second-order valence-electron chi connectivity index (χ2n) is 10.7. The van der Waals surface area contributed by atoms with Crippen molar-refractivity contribution < 1.29 is 14.4 Å². The van der Waals surface area contributed by atoms with Crippen molar-refractivity contribution in [3.63, 3.8) is 0 Å². The molecule has 2 aromatic heterocycles. The molecule has 10 nitrogen and oxygen atoms in total. The van der Waals surface area contributed by atoms with Crippen LogP contribution in [0.25, 0.3) is 5.00 Å². The van der Waals surface area contributed by atoms with E-state index in [1.807, 2.05) is 60.0 Å². The predicted octanol–water partition coefficient (Wildman–Crippen LogP) is 4.72. The fraction of sp³-hybridized carbons (Fsp3) is 0.290. The summed E-state index contributed by atoms with van der Waals surface area (Å²) in [6.45, 7) is 6.38. The molecule has 4 heterocycles. The van der Waals surface area contributed by atoms with Gasteiger partial charge in [-0.05, 0) is 62.6 Å². The van der Waals surface area contributed by atoms with E-state index in [4.69, 9.17) is 16.6 Å². The van der Waals surface area contributed by atoms with E-state index in [1.54, 1.807) is 11.3 Å². The minimum atomic E-state index is -0.563. The van der Waals surface area contributed by atoms with Crippen LogP contribution in [0, 0.1) is 20.8 Å². The van der Waals surface area contributed by atoms with E-state index in [0.29, 0.717) is 30.2 Å². The van der Waals surface area contributed by atoms with Gasteiger partial charge in [-0.2, -0.15) is 0 Å². The minimum Gasteiger partial charge on any atom is -0.374 e. The van der Waals surface area contributed by atoms with Crippen molar-refractivity contribution in [1.29, 1.82) is 0 Å². The maximum Gasteiger partial charge on any atom is 0.249 e. The third-order valence-electron chi connectivity index (χ3n) is 7.73. The number of carbonyl (C=O) groups is 3. The molecule has 2 aliphatic heterocycles. The molecule has 1 unspecified atom stereocenters. The maximum atomic E-state index is 13.4. The number of nitrogens with one attached hydrogen (secondary N) is 3. The Morgan fingerprint density at radius 2 is 1.91 bits per heavy atom. The summed E-state index contributed by atoms with van der Waals surface area (Å²) in [5.74, 6) is 0.579. The molecule has 43 heavy (non-hydrogen) atoms. The Morgan fingerprint density at radius 1 is 1.12 bits per heavy atom. The van der Waals surface area contributed by atoms with E-state index in [0.717, 1.165) is 44.5 Å². The summed E-state index contributed by atoms with van der Waals surface area (Å²) in [4.78, 5) is 43.3. The van der Waals surface area contributed by atoms with Crippen molar-refractivity contribution in [1.82, 2.24) is 25.4 Å². The first-order valence-electron chi connectivity index (χ1n) is 14.0. The van der Waals surface area contributed by atoms with Gasteiger partial charge in [0.2, 0.25) is 17.7 Å². The third kappa shape index (κ3) is 5.82. The number of benzene rings is 2. The molecule has 12 heteroatoms. The number of aliphatic imine (C=N–C) groups is 1. The van der Waals surface area contributed by atoms with Gasteiger partial charge in [-0.3, -0.25) is 29.3 Å². The highest BCUT2D eigenvalue weighted by molar-refractivity contribution is 7.15. The van der Waals surface area contributed by atoms with E-state index < -0.39 is 12.1 Å². The average molecular weight is 616 g/mol. The molecule has 6 rings (SSSR count). The topological polar surface area (TPSA) is 130 Å². The van der Waals surface area contributed by atoms with Gasteiger partial charge in [0.1, 0.15) is 22.9 Å². The molecule has 0 saturated carbocycles. The average Bonchev–Trinajstić information content (AvgIpc) is 3.46. The fourth-order valence-corrected chi connectivity index (χ4v) is 6.72. The van der Waals surface area contributed by atoms with Gasteiger partial charge in [0.05, 0.1) is 12.1 Å². The molecule has 3 N–H and O–H groups in total. The zero-order chi connectivity index (χ0) is 30.2. The number of rotatable bonds is 7. The number of hydrogen-bond acceptors (Lipinski definition) is 8. The van der Waals surface area contributed by atoms with Crippen LogP contribution in [0.15, 0.2) is 53.5 Å². The Hall–Kier alpha value is -4.35. The number of imide groups is 1. The number of carbonyl (C=O) groups excluding carboxylic acids is 3. The Balaban J connectivity index is 1.23. The summed E-state index contributed by atoms with van der Waals surface area (Å²) in [7, 11) is 0. The van der Waals surface area contributed by atoms with Crippen molar-refractivity contribution in [2.24, 2.45) is 4.99 Å². The van der Waals surface area contributed by atoms with Gasteiger partial charge in [0, 0.05) is 39.7 Å². The normalized spacial score (nSPS) is 17.8. The van der Waals surface area contributed by atoms with E-state index in [9.17, 15) is 14.4 Å². The largest absolute Gasteiger partial charge is 0.374 e. The number of nitrogens with zero attached hydrogens (tertiary/aromatic N) is 4. The van der Waals surface area contributed by atoms with Crippen LogP contribution in [0.3, 0.4) is 0 Å². The first-order chi connectivity index (χ1) is 20.7. The lowest BCUT2D eigenvalue weighted by Crippen LogP contribution is -2.47. The van der Waals surface area contributed by atoms with Crippen LogP contribution < -0.4 is 16.0 Å². The molecule has 220 valence electrons. The van der Waals surface area contributed by atoms with Crippen LogP contribution in [0.4, 0.5) is 5.69 Å². The fourth-order valence-electron chi connectivity index (χ4n) is 5.38. The summed E-state index contributed by atoms with van der Waals surface area (Å²) in [5, 5.41) is 19.0. The molecule has 0 aliphatic carbocycles. The number of halogens is 1. The van der Waals surface area contributed by atoms with Gasteiger partial charge in [0.15, 0.2) is 5.82 Å². The number of thiophene rings is 1. The van der Waals surface area contributed by atoms with E-state index in [1.165, 1.54) is 4.88 Å². The molecule has 1 fully saturated rings. The van der Waals surface area contributed by atoms with Gasteiger partial charge >= 0.3 is 0 Å². The molecule has 2 aromatic carbocycles. The van der Waals surface area contributed by atoms with Crippen molar-refractivity contribution in [3.05, 3.63) is 92.3 Å². The Bertz CT molecular complexity index is 1780. The Kier molecular flexibility index (Phi) is 7.85. The molecule has 0 bridgehead atoms. The second-order valence-corrected chi connectivity index (χ2v) is 12.4. The quantitative estimate of drug-likeness (QED) is 0.258. The lowest BCUT2D eigenvalue weighted by Gasteiger charge is -2.23. The molecule has 4 aromatic rings. The third-order valence-corrected chi connectivity index (χ3v) is 9.18. The standard InChI is InChI=1S/C31H30ClN7O3S/c1-16-17(2)43-31-27(16)28(20-7-9-21(32)10-8-20)35-24(29-38-37-18(3)39(29)31)14-26(41)33-15-19-5-4-6-22(13-19)34-23-11-12-25(40)36-30(23)42/h4-10,13,23-24,34H,11-12,14-15H2,1-3H3,(H,33,41)(H,36,40,42)/t23?,24-/m0/s1. The van der Waals surface area contributed by atoms with Crippen molar-refractivity contribution in [2.45, 2.75) is 58.7 Å². The molecular formula is C31H30ClN7O3S. The van der Waals surface area contributed by atoms with Gasteiger partial charge in [0.25, 0.3) is 0 Å². The Labute approximate surface area is 257 Å². The van der Waals surface area contributed by atoms with E-state index in [2.05, 4.69) is 40.0 Å². The van der Waals surface area contributed by atoms with Gasteiger partial charge in [-0.25, -0.2) is 0 Å². The van der Waals surface area contributed by atoms with Gasteiger partial charge < -0.3 is 10.6 Å². The molecule has 0 radical (unpaired) electrons. The van der Waals surface area contributed by atoms with Crippen LogP contribution in [0.1, 0.15) is 64.1 Å². The number of hydrogen-bond donors (Lipinski definition) is 3. The van der Waals surface area contributed by atoms with Crippen LogP contribution in [0.2, 0.25) is 5.02 Å². The minimum absolute atomic E-state index is 0.0798. The summed E-state index contributed by atoms with van der Waals surface area (Å²) in [6, 6.07) is 14.0. The number of fused-ring (bicyclic) bond motifs is 3. The number of amides is 3. The maximum absolute atomic E-state index is 13.4. The Morgan fingerprint density at radius 3 is 2.67 bits per heavy atom. The molecule has 1 saturated heterocycles. The SMILES string of the molecule is Cc1sc2c(c1C)C(c1ccc(Cl)cc1)=N[C@@H](CC(=O)NCc1cccc(NC3CCC(=O)NC3=O)c1)c1nnc(C)n1-2. The van der Waals surface area contributed by atoms with Crippen molar-refractivity contribution in [3.8, 4) is 5.00 Å². The lowest BCUT2D eigenvalue weighted by atomic mass is 9.99.